The smallest absolute Gasteiger partial charge is 0.232 e. The molecule has 0 spiro atoms. The number of sulfonamides is 2. The van der Waals surface area contributed by atoms with E-state index in [1.54, 1.807) is 13.0 Å². The molecule has 0 saturated carbocycles. The van der Waals surface area contributed by atoms with Crippen LogP contribution in [0.1, 0.15) is 5.56 Å². The fourth-order valence-corrected chi connectivity index (χ4v) is 3.34. The van der Waals surface area contributed by atoms with Gasteiger partial charge in [-0.2, -0.15) is 0 Å². The van der Waals surface area contributed by atoms with Crippen molar-refractivity contribution < 1.29 is 21.6 Å². The Bertz CT molecular complexity index is 747. The van der Waals surface area contributed by atoms with Crippen LogP contribution >= 0.6 is 11.6 Å². The van der Waals surface area contributed by atoms with Crippen LogP contribution < -0.4 is 13.8 Å². The molecule has 0 radical (unpaired) electrons. The van der Waals surface area contributed by atoms with Gasteiger partial charge in [-0.25, -0.2) is 21.6 Å². The summed E-state index contributed by atoms with van der Waals surface area (Å²) in [6.45, 7) is 1.61. The molecule has 0 atom stereocenters. The number of methoxy groups -OCH3 is 1. The second kappa shape index (κ2) is 7.03. The molecule has 0 saturated heterocycles. The summed E-state index contributed by atoms with van der Waals surface area (Å²) in [5, 5.41) is 0.448. The van der Waals surface area contributed by atoms with E-state index in [0.29, 0.717) is 22.0 Å². The summed E-state index contributed by atoms with van der Waals surface area (Å²) < 4.78 is 54.7. The highest BCUT2D eigenvalue weighted by molar-refractivity contribution is 7.92. The average Bonchev–Trinajstić information content (AvgIpc) is 2.35. The SMILES string of the molecule is COc1cc(Cl)c(C)cc1N(CCNS(C)(=O)=O)S(C)(=O)=O. The fourth-order valence-electron chi connectivity index (χ4n) is 1.80. The number of nitrogens with zero attached hydrogens (tertiary/aromatic N) is 1. The molecule has 1 aromatic carbocycles. The highest BCUT2D eigenvalue weighted by Gasteiger charge is 2.22. The number of nitrogens with one attached hydrogen (secondary N) is 1. The number of hydrogen-bond acceptors (Lipinski definition) is 5. The Morgan fingerprint density at radius 1 is 1.23 bits per heavy atom. The molecule has 10 heteroatoms. The van der Waals surface area contributed by atoms with Gasteiger partial charge in [0, 0.05) is 24.2 Å². The number of aryl methyl sites for hydroxylation is 1. The Hall–Kier alpha value is -1.03. The van der Waals surface area contributed by atoms with Gasteiger partial charge in [0.25, 0.3) is 0 Å². The number of rotatable bonds is 7. The lowest BCUT2D eigenvalue weighted by Crippen LogP contribution is -2.38. The summed E-state index contributed by atoms with van der Waals surface area (Å²) in [6.07, 6.45) is 2.04. The minimum Gasteiger partial charge on any atom is -0.494 e. The number of halogens is 1. The highest BCUT2D eigenvalue weighted by atomic mass is 35.5. The molecule has 1 aromatic rings. The van der Waals surface area contributed by atoms with Crippen molar-refractivity contribution in [2.24, 2.45) is 0 Å². The summed E-state index contributed by atoms with van der Waals surface area (Å²) in [5.74, 6) is 0.292. The van der Waals surface area contributed by atoms with Gasteiger partial charge in [0.1, 0.15) is 5.75 Å². The van der Waals surface area contributed by atoms with Crippen LogP contribution in [-0.4, -0.2) is 49.5 Å². The van der Waals surface area contributed by atoms with Crippen LogP contribution in [0.25, 0.3) is 0 Å². The van der Waals surface area contributed by atoms with Crippen molar-refractivity contribution in [1.29, 1.82) is 0 Å². The van der Waals surface area contributed by atoms with E-state index in [-0.39, 0.29) is 13.1 Å². The summed E-state index contributed by atoms with van der Waals surface area (Å²) in [7, 11) is -5.62. The molecule has 0 aliphatic heterocycles. The fraction of sp³-hybridized carbons (Fsp3) is 0.500. The predicted octanol–water partition coefficient (Wildman–Crippen LogP) is 0.972. The zero-order chi connectivity index (χ0) is 17.1. The van der Waals surface area contributed by atoms with Gasteiger partial charge in [-0.15, -0.1) is 0 Å². The lowest BCUT2D eigenvalue weighted by molar-refractivity contribution is 0.415. The van der Waals surface area contributed by atoms with Gasteiger partial charge in [0.2, 0.25) is 20.0 Å². The molecule has 0 aromatic heterocycles. The van der Waals surface area contributed by atoms with Gasteiger partial charge in [-0.1, -0.05) is 11.6 Å². The molecule has 7 nitrogen and oxygen atoms in total. The predicted molar refractivity (Wildman–Crippen MR) is 87.8 cm³/mol. The van der Waals surface area contributed by atoms with E-state index in [0.717, 1.165) is 16.8 Å². The number of hydrogen-bond donors (Lipinski definition) is 1. The van der Waals surface area contributed by atoms with E-state index < -0.39 is 20.0 Å². The van der Waals surface area contributed by atoms with Crippen molar-refractivity contribution in [1.82, 2.24) is 4.72 Å². The van der Waals surface area contributed by atoms with Crippen LogP contribution in [0.2, 0.25) is 5.02 Å². The number of ether oxygens (including phenoxy) is 1. The Labute approximate surface area is 136 Å². The lowest BCUT2D eigenvalue weighted by atomic mass is 10.2. The van der Waals surface area contributed by atoms with Crippen LogP contribution in [0.15, 0.2) is 12.1 Å². The molecule has 0 aliphatic carbocycles. The van der Waals surface area contributed by atoms with E-state index >= 15 is 0 Å². The second-order valence-corrected chi connectivity index (χ2v) is 8.92. The maximum Gasteiger partial charge on any atom is 0.232 e. The summed E-state index contributed by atoms with van der Waals surface area (Å²) in [4.78, 5) is 0. The zero-order valence-electron chi connectivity index (χ0n) is 12.8. The first kappa shape index (κ1) is 19.0. The number of anilines is 1. The monoisotopic (exact) mass is 370 g/mol. The van der Waals surface area contributed by atoms with Crippen molar-refractivity contribution in [2.75, 3.05) is 37.0 Å². The molecule has 0 amide bonds. The van der Waals surface area contributed by atoms with E-state index in [4.69, 9.17) is 16.3 Å². The summed E-state index contributed by atoms with van der Waals surface area (Å²) in [5.41, 5.74) is 0.990. The lowest BCUT2D eigenvalue weighted by Gasteiger charge is -2.25. The minimum absolute atomic E-state index is 0.0588. The first-order valence-corrected chi connectivity index (χ1v) is 10.3. The first-order valence-electron chi connectivity index (χ1n) is 6.22. The van der Waals surface area contributed by atoms with Crippen LogP contribution in [0.4, 0.5) is 5.69 Å². The van der Waals surface area contributed by atoms with Crippen molar-refractivity contribution in [2.45, 2.75) is 6.92 Å². The van der Waals surface area contributed by atoms with E-state index in [2.05, 4.69) is 4.72 Å². The van der Waals surface area contributed by atoms with Crippen molar-refractivity contribution in [3.05, 3.63) is 22.7 Å². The van der Waals surface area contributed by atoms with Gasteiger partial charge < -0.3 is 4.74 Å². The molecule has 1 rings (SSSR count). The molecule has 0 bridgehead atoms. The quantitative estimate of drug-likeness (QED) is 0.772. The standard InChI is InChI=1S/C12H19ClN2O5S2/c1-9-7-11(12(20-2)8-10(9)13)15(22(4,18)19)6-5-14-21(3,16)17/h7-8,14H,5-6H2,1-4H3. The molecular formula is C12H19ClN2O5S2. The molecule has 126 valence electrons. The van der Waals surface area contributed by atoms with Crippen LogP contribution in [-0.2, 0) is 20.0 Å². The van der Waals surface area contributed by atoms with E-state index in [9.17, 15) is 16.8 Å². The van der Waals surface area contributed by atoms with Gasteiger partial charge in [0.15, 0.2) is 0 Å². The molecule has 0 aliphatic rings. The Balaban J connectivity index is 3.21. The summed E-state index contributed by atoms with van der Waals surface area (Å²) >= 11 is 6.01. The van der Waals surface area contributed by atoms with Crippen molar-refractivity contribution in [3.8, 4) is 5.75 Å². The first-order chi connectivity index (χ1) is 9.95. The van der Waals surface area contributed by atoms with Crippen molar-refractivity contribution >= 4 is 37.3 Å². The van der Waals surface area contributed by atoms with Crippen molar-refractivity contribution in [3.63, 3.8) is 0 Å². The van der Waals surface area contributed by atoms with Gasteiger partial charge >= 0.3 is 0 Å². The molecule has 0 fully saturated rings. The summed E-state index contributed by atoms with van der Waals surface area (Å²) in [6, 6.07) is 3.11. The van der Waals surface area contributed by atoms with Gasteiger partial charge in [-0.3, -0.25) is 4.31 Å². The van der Waals surface area contributed by atoms with Crippen LogP contribution in [0.3, 0.4) is 0 Å². The largest absolute Gasteiger partial charge is 0.494 e. The molecule has 22 heavy (non-hydrogen) atoms. The Morgan fingerprint density at radius 3 is 2.27 bits per heavy atom. The molecule has 0 heterocycles. The maximum absolute atomic E-state index is 12.0. The van der Waals surface area contributed by atoms with Gasteiger partial charge in [-0.05, 0) is 18.6 Å². The maximum atomic E-state index is 12.0. The molecule has 1 N–H and O–H groups in total. The van der Waals surface area contributed by atoms with Crippen LogP contribution in [0.5, 0.6) is 5.75 Å². The molecular weight excluding hydrogens is 352 g/mol. The van der Waals surface area contributed by atoms with E-state index in [1.165, 1.54) is 13.2 Å². The number of benzene rings is 1. The normalized spacial score (nSPS) is 12.2. The third-order valence-corrected chi connectivity index (χ3v) is 5.12. The average molecular weight is 371 g/mol. The third-order valence-electron chi connectivity index (χ3n) is 2.81. The highest BCUT2D eigenvalue weighted by Crippen LogP contribution is 2.34. The Morgan fingerprint density at radius 2 is 1.82 bits per heavy atom. The Kier molecular flexibility index (Phi) is 6.08. The van der Waals surface area contributed by atoms with Gasteiger partial charge in [0.05, 0.1) is 25.3 Å². The third kappa shape index (κ3) is 5.31. The topological polar surface area (TPSA) is 92.8 Å². The minimum atomic E-state index is -3.62. The van der Waals surface area contributed by atoms with Crippen LogP contribution in [0, 0.1) is 6.92 Å². The second-order valence-electron chi connectivity index (χ2n) is 4.77. The van der Waals surface area contributed by atoms with E-state index in [1.807, 2.05) is 0 Å². The molecule has 0 unspecified atom stereocenters. The zero-order valence-corrected chi connectivity index (χ0v) is 15.1.